The molecule has 3 rings (SSSR count). The molecule has 106 valence electrons. The summed E-state index contributed by atoms with van der Waals surface area (Å²) in [7, 11) is 0. The lowest BCUT2D eigenvalue weighted by atomic mass is 10.2. The number of carbonyl (C=O) groups excluding carboxylic acids is 1. The molecule has 0 aliphatic heterocycles. The number of halogens is 2. The first-order chi connectivity index (χ1) is 9.99. The van der Waals surface area contributed by atoms with Crippen LogP contribution in [0.2, 0.25) is 10.0 Å². The summed E-state index contributed by atoms with van der Waals surface area (Å²) in [5, 5.41) is 10.7. The molecular formula is C16H11Cl2NO2. The highest BCUT2D eigenvalue weighted by Gasteiger charge is 2.17. The molecule has 0 bridgehead atoms. The molecule has 5 heteroatoms. The topological polar surface area (TPSA) is 42.2 Å². The number of fused-ring (bicyclic) bond motifs is 1. The van der Waals surface area contributed by atoms with E-state index < -0.39 is 0 Å². The van der Waals surface area contributed by atoms with E-state index in [1.54, 1.807) is 4.57 Å². The Hall–Kier alpha value is -1.97. The van der Waals surface area contributed by atoms with E-state index in [1.165, 1.54) is 12.1 Å². The van der Waals surface area contributed by atoms with Crippen LogP contribution in [0.3, 0.4) is 0 Å². The van der Waals surface area contributed by atoms with Crippen molar-refractivity contribution in [3.63, 3.8) is 0 Å². The van der Waals surface area contributed by atoms with E-state index in [0.717, 1.165) is 16.6 Å². The Morgan fingerprint density at radius 2 is 1.71 bits per heavy atom. The van der Waals surface area contributed by atoms with E-state index >= 15 is 0 Å². The van der Waals surface area contributed by atoms with Crippen molar-refractivity contribution in [3.8, 4) is 5.75 Å². The molecule has 0 amide bonds. The summed E-state index contributed by atoms with van der Waals surface area (Å²) < 4.78 is 1.61. The number of nitrogens with zero attached hydrogens (tertiary/aromatic N) is 1. The van der Waals surface area contributed by atoms with Crippen molar-refractivity contribution in [2.75, 3.05) is 0 Å². The van der Waals surface area contributed by atoms with Crippen molar-refractivity contribution in [2.45, 2.75) is 6.92 Å². The van der Waals surface area contributed by atoms with Gasteiger partial charge in [0.2, 0.25) is 0 Å². The molecular weight excluding hydrogens is 309 g/mol. The van der Waals surface area contributed by atoms with E-state index in [1.807, 2.05) is 37.3 Å². The number of aromatic nitrogens is 1. The van der Waals surface area contributed by atoms with E-state index in [9.17, 15) is 9.90 Å². The van der Waals surface area contributed by atoms with Crippen molar-refractivity contribution in [2.24, 2.45) is 0 Å². The third-order valence-corrected chi connectivity index (χ3v) is 3.94. The summed E-state index contributed by atoms with van der Waals surface area (Å²) in [4.78, 5) is 12.7. The summed E-state index contributed by atoms with van der Waals surface area (Å²) in [5.41, 5.74) is 1.97. The molecule has 0 aliphatic rings. The fourth-order valence-corrected chi connectivity index (χ4v) is 2.87. The highest BCUT2D eigenvalue weighted by atomic mass is 35.5. The second-order valence-electron chi connectivity index (χ2n) is 4.77. The Morgan fingerprint density at radius 1 is 1.10 bits per heavy atom. The fraction of sp³-hybridized carbons (Fsp3) is 0.0625. The van der Waals surface area contributed by atoms with Crippen molar-refractivity contribution < 1.29 is 9.90 Å². The molecule has 3 aromatic rings. The molecule has 0 saturated carbocycles. The SMILES string of the molecule is Cc1cc2ccccc2n1C(=O)c1cc(Cl)c(O)c(Cl)c1. The van der Waals surface area contributed by atoms with Gasteiger partial charge in [-0.15, -0.1) is 0 Å². The van der Waals surface area contributed by atoms with Crippen LogP contribution in [0.25, 0.3) is 10.9 Å². The van der Waals surface area contributed by atoms with E-state index in [-0.39, 0.29) is 21.7 Å². The molecule has 3 nitrogen and oxygen atoms in total. The molecule has 0 saturated heterocycles. The van der Waals surface area contributed by atoms with Gasteiger partial charge in [0.1, 0.15) is 0 Å². The van der Waals surface area contributed by atoms with Gasteiger partial charge in [0, 0.05) is 16.6 Å². The second-order valence-corrected chi connectivity index (χ2v) is 5.59. The van der Waals surface area contributed by atoms with Gasteiger partial charge in [-0.1, -0.05) is 41.4 Å². The monoisotopic (exact) mass is 319 g/mol. The maximum atomic E-state index is 12.7. The molecule has 0 aliphatic carbocycles. The Bertz CT molecular complexity index is 845. The molecule has 0 fully saturated rings. The normalized spacial score (nSPS) is 11.0. The maximum Gasteiger partial charge on any atom is 0.262 e. The van der Waals surface area contributed by atoms with Crippen LogP contribution in [0.5, 0.6) is 5.75 Å². The van der Waals surface area contributed by atoms with Gasteiger partial charge in [0.15, 0.2) is 5.75 Å². The van der Waals surface area contributed by atoms with Gasteiger partial charge in [-0.3, -0.25) is 9.36 Å². The number of benzene rings is 2. The predicted molar refractivity (Wildman–Crippen MR) is 84.5 cm³/mol. The smallest absolute Gasteiger partial charge is 0.262 e. The highest BCUT2D eigenvalue weighted by molar-refractivity contribution is 6.37. The molecule has 0 atom stereocenters. The van der Waals surface area contributed by atoms with Crippen LogP contribution in [0.15, 0.2) is 42.5 Å². The number of carbonyl (C=O) groups is 1. The van der Waals surface area contributed by atoms with E-state index in [0.29, 0.717) is 5.56 Å². The minimum atomic E-state index is -0.238. The molecule has 0 spiro atoms. The van der Waals surface area contributed by atoms with Gasteiger partial charge in [-0.25, -0.2) is 0 Å². The third-order valence-electron chi connectivity index (χ3n) is 3.36. The number of phenolic OH excluding ortho intramolecular Hbond substituents is 1. The third kappa shape index (κ3) is 2.28. The summed E-state index contributed by atoms with van der Waals surface area (Å²) in [6.07, 6.45) is 0. The maximum absolute atomic E-state index is 12.7. The summed E-state index contributed by atoms with van der Waals surface area (Å²) in [6, 6.07) is 12.4. The van der Waals surface area contributed by atoms with E-state index in [4.69, 9.17) is 23.2 Å². The molecule has 1 aromatic heterocycles. The van der Waals surface area contributed by atoms with Crippen LogP contribution in [0, 0.1) is 6.92 Å². The Labute approximate surface area is 131 Å². The van der Waals surface area contributed by atoms with Crippen molar-refractivity contribution in [1.82, 2.24) is 4.57 Å². The zero-order valence-electron chi connectivity index (χ0n) is 11.1. The molecule has 2 aromatic carbocycles. The largest absolute Gasteiger partial charge is 0.505 e. The molecule has 1 N–H and O–H groups in total. The summed E-state index contributed by atoms with van der Waals surface area (Å²) in [5.74, 6) is -0.457. The predicted octanol–water partition coefficient (Wildman–Crippen LogP) is 4.65. The van der Waals surface area contributed by atoms with E-state index in [2.05, 4.69) is 0 Å². The van der Waals surface area contributed by atoms with Gasteiger partial charge >= 0.3 is 0 Å². The second kappa shape index (κ2) is 5.10. The van der Waals surface area contributed by atoms with Crippen LogP contribution in [0.4, 0.5) is 0 Å². The quantitative estimate of drug-likeness (QED) is 0.709. The lowest BCUT2D eigenvalue weighted by molar-refractivity contribution is 0.0963. The minimum absolute atomic E-state index is 0.0555. The highest BCUT2D eigenvalue weighted by Crippen LogP contribution is 2.33. The lowest BCUT2D eigenvalue weighted by Crippen LogP contribution is -2.13. The van der Waals surface area contributed by atoms with Gasteiger partial charge in [-0.05, 0) is 31.2 Å². The molecule has 0 unspecified atom stereocenters. The zero-order chi connectivity index (χ0) is 15.1. The number of aryl methyl sites for hydroxylation is 1. The molecule has 21 heavy (non-hydrogen) atoms. The number of hydrogen-bond donors (Lipinski definition) is 1. The average molecular weight is 320 g/mol. The standard InChI is InChI=1S/C16H11Cl2NO2/c1-9-6-10-4-2-3-5-14(10)19(9)16(21)11-7-12(17)15(20)13(18)8-11/h2-8,20H,1H3. The van der Waals surface area contributed by atoms with Crippen LogP contribution in [-0.4, -0.2) is 15.6 Å². The van der Waals surface area contributed by atoms with Gasteiger partial charge in [0.25, 0.3) is 5.91 Å². The number of rotatable bonds is 1. The average Bonchev–Trinajstić information content (AvgIpc) is 2.79. The van der Waals surface area contributed by atoms with Gasteiger partial charge in [0.05, 0.1) is 15.6 Å². The van der Waals surface area contributed by atoms with Crippen LogP contribution in [-0.2, 0) is 0 Å². The zero-order valence-corrected chi connectivity index (χ0v) is 12.6. The first-order valence-electron chi connectivity index (χ1n) is 6.29. The minimum Gasteiger partial charge on any atom is -0.505 e. The van der Waals surface area contributed by atoms with Crippen molar-refractivity contribution in [3.05, 3.63) is 63.8 Å². The van der Waals surface area contributed by atoms with Gasteiger partial charge in [-0.2, -0.15) is 0 Å². The number of hydrogen-bond acceptors (Lipinski definition) is 2. The Balaban J connectivity index is 2.19. The van der Waals surface area contributed by atoms with Crippen molar-refractivity contribution in [1.29, 1.82) is 0 Å². The molecule has 0 radical (unpaired) electrons. The van der Waals surface area contributed by atoms with Crippen LogP contribution >= 0.6 is 23.2 Å². The summed E-state index contributed by atoms with van der Waals surface area (Å²) >= 11 is 11.8. The van der Waals surface area contributed by atoms with Crippen LogP contribution < -0.4 is 0 Å². The lowest BCUT2D eigenvalue weighted by Gasteiger charge is -2.09. The Kier molecular flexibility index (Phi) is 3.40. The fourth-order valence-electron chi connectivity index (χ4n) is 2.38. The number of aromatic hydroxyl groups is 1. The Morgan fingerprint density at radius 3 is 2.38 bits per heavy atom. The van der Waals surface area contributed by atoms with Crippen LogP contribution in [0.1, 0.15) is 16.1 Å². The van der Waals surface area contributed by atoms with Crippen molar-refractivity contribution >= 4 is 40.0 Å². The first kappa shape index (κ1) is 14.0. The first-order valence-corrected chi connectivity index (χ1v) is 7.04. The number of phenols is 1. The number of para-hydroxylation sites is 1. The molecule has 1 heterocycles. The summed E-state index contributed by atoms with van der Waals surface area (Å²) in [6.45, 7) is 1.86. The van der Waals surface area contributed by atoms with Gasteiger partial charge < -0.3 is 5.11 Å².